The minimum Gasteiger partial charge on any atom is -0.464 e. The first-order valence-corrected chi connectivity index (χ1v) is 17.2. The molecule has 11 nitrogen and oxygen atoms in total. The van der Waals surface area contributed by atoms with Crippen molar-refractivity contribution in [3.05, 3.63) is 47.9 Å². The van der Waals surface area contributed by atoms with E-state index in [1.165, 1.54) is 0 Å². The van der Waals surface area contributed by atoms with E-state index in [2.05, 4.69) is 35.4 Å². The van der Waals surface area contributed by atoms with E-state index >= 15 is 0 Å². The van der Waals surface area contributed by atoms with Crippen LogP contribution in [0.2, 0.25) is 0 Å². The highest BCUT2D eigenvalue weighted by Crippen LogP contribution is 2.52. The largest absolute Gasteiger partial charge is 0.464 e. The summed E-state index contributed by atoms with van der Waals surface area (Å²) >= 11 is 0. The van der Waals surface area contributed by atoms with Gasteiger partial charge in [-0.25, -0.2) is 0 Å². The van der Waals surface area contributed by atoms with E-state index < -0.39 is 17.4 Å². The predicted octanol–water partition coefficient (Wildman–Crippen LogP) is 3.68. The van der Waals surface area contributed by atoms with Gasteiger partial charge in [-0.05, 0) is 62.3 Å². The van der Waals surface area contributed by atoms with Crippen LogP contribution in [0.4, 0.5) is 0 Å². The van der Waals surface area contributed by atoms with Gasteiger partial charge in [-0.15, -0.1) is 0 Å². The van der Waals surface area contributed by atoms with Crippen LogP contribution in [0, 0.1) is 17.8 Å². The number of ether oxygens (including phenoxy) is 1. The molecule has 5 heterocycles. The second kappa shape index (κ2) is 12.8. The van der Waals surface area contributed by atoms with Crippen molar-refractivity contribution in [3.63, 3.8) is 0 Å². The zero-order valence-corrected chi connectivity index (χ0v) is 27.4. The Hall–Kier alpha value is -4.12. The first-order chi connectivity index (χ1) is 22.8. The molecule has 0 radical (unpaired) electrons. The summed E-state index contributed by atoms with van der Waals surface area (Å²) in [5.74, 6) is -0.267. The second-order valence-electron chi connectivity index (χ2n) is 13.5. The van der Waals surface area contributed by atoms with Crippen molar-refractivity contribution in [1.29, 1.82) is 0 Å². The highest BCUT2D eigenvalue weighted by Gasteiger charge is 2.59. The fourth-order valence-corrected chi connectivity index (χ4v) is 8.29. The summed E-state index contributed by atoms with van der Waals surface area (Å²) in [5.41, 5.74) is 3.09. The normalized spacial score (nSPS) is 24.3. The molecule has 1 aliphatic carbocycles. The molecule has 1 saturated carbocycles. The number of carbonyl (C=O) groups is 4. The zero-order chi connectivity index (χ0) is 32.7. The minimum absolute atomic E-state index is 0.00356. The lowest BCUT2D eigenvalue weighted by Crippen LogP contribution is -2.66. The number of nitrogens with zero attached hydrogens (tertiary/aromatic N) is 3. The van der Waals surface area contributed by atoms with Gasteiger partial charge in [0.15, 0.2) is 0 Å². The summed E-state index contributed by atoms with van der Waals surface area (Å²) < 4.78 is 10.8. The molecule has 2 aromatic heterocycles. The molecule has 2 saturated heterocycles. The van der Waals surface area contributed by atoms with Crippen LogP contribution in [0.25, 0.3) is 22.2 Å². The Morgan fingerprint density at radius 2 is 1.83 bits per heavy atom. The molecule has 3 aliphatic heterocycles. The zero-order valence-electron chi connectivity index (χ0n) is 27.4. The molecular weight excluding hydrogens is 598 g/mol. The van der Waals surface area contributed by atoms with Gasteiger partial charge in [0.05, 0.1) is 17.7 Å². The lowest BCUT2D eigenvalue weighted by Gasteiger charge is -2.56. The summed E-state index contributed by atoms with van der Waals surface area (Å²) in [7, 11) is 1.62. The number of amides is 4. The van der Waals surface area contributed by atoms with Gasteiger partial charge in [0.1, 0.15) is 5.76 Å². The Balaban J connectivity index is 1.22. The van der Waals surface area contributed by atoms with Crippen molar-refractivity contribution in [2.45, 2.75) is 57.4 Å². The molecule has 4 amide bonds. The van der Waals surface area contributed by atoms with E-state index in [9.17, 15) is 19.2 Å². The molecule has 2 N–H and O–H groups in total. The number of hydrogen-bond acceptors (Lipinski definition) is 6. The molecule has 1 aromatic carbocycles. The van der Waals surface area contributed by atoms with Crippen LogP contribution >= 0.6 is 0 Å². The number of furan rings is 1. The number of hydrogen-bond donors (Lipinski definition) is 2. The number of aromatic nitrogens is 1. The lowest BCUT2D eigenvalue weighted by atomic mass is 9.65. The van der Waals surface area contributed by atoms with Crippen molar-refractivity contribution in [2.75, 3.05) is 53.0 Å². The molecule has 4 aliphatic rings. The Kier molecular flexibility index (Phi) is 8.59. The van der Waals surface area contributed by atoms with Crippen molar-refractivity contribution in [1.82, 2.24) is 25.0 Å². The van der Waals surface area contributed by atoms with Crippen molar-refractivity contribution in [3.8, 4) is 11.3 Å². The van der Waals surface area contributed by atoms with Gasteiger partial charge in [0.25, 0.3) is 0 Å². The van der Waals surface area contributed by atoms with Gasteiger partial charge in [-0.1, -0.05) is 19.1 Å². The maximum Gasteiger partial charge on any atom is 0.228 e. The monoisotopic (exact) mass is 643 g/mol. The third kappa shape index (κ3) is 5.62. The average molecular weight is 644 g/mol. The molecule has 250 valence electrons. The molecule has 11 heteroatoms. The first-order valence-electron chi connectivity index (χ1n) is 17.2. The van der Waals surface area contributed by atoms with Gasteiger partial charge in [0, 0.05) is 93.4 Å². The van der Waals surface area contributed by atoms with Crippen molar-refractivity contribution >= 4 is 34.5 Å². The Labute approximate surface area is 274 Å². The molecule has 0 spiro atoms. The maximum absolute atomic E-state index is 14.8. The highest BCUT2D eigenvalue weighted by atomic mass is 16.5. The number of fused-ring (bicyclic) bond motifs is 5. The summed E-state index contributed by atoms with van der Waals surface area (Å²) in [6.07, 6.45) is 5.80. The van der Waals surface area contributed by atoms with Crippen LogP contribution in [-0.2, 0) is 35.9 Å². The lowest BCUT2D eigenvalue weighted by molar-refractivity contribution is -0.167. The van der Waals surface area contributed by atoms with Gasteiger partial charge >= 0.3 is 0 Å². The van der Waals surface area contributed by atoms with E-state index in [0.29, 0.717) is 71.6 Å². The van der Waals surface area contributed by atoms with Crippen LogP contribution in [0.15, 0.2) is 41.0 Å². The molecular formula is C36H45N5O6. The number of methoxy groups -OCH3 is 1. The number of nitrogens with one attached hydrogen (secondary N) is 2. The van der Waals surface area contributed by atoms with E-state index in [0.717, 1.165) is 46.3 Å². The van der Waals surface area contributed by atoms with Crippen LogP contribution in [0.1, 0.15) is 56.7 Å². The SMILES string of the molecule is CC[C@]12c3[nH]c4cc(-c5ccco5)ccc4c3CCN1C(=O)[C@@H](CC(=O)NCCCOC)C[C@@H]2C(=O)N1CCN(C(=O)C2CC2)CC1. The number of carbonyl (C=O) groups excluding carboxylic acids is 4. The van der Waals surface area contributed by atoms with Crippen LogP contribution in [0.3, 0.4) is 0 Å². The summed E-state index contributed by atoms with van der Waals surface area (Å²) in [5, 5.41) is 4.02. The smallest absolute Gasteiger partial charge is 0.228 e. The van der Waals surface area contributed by atoms with Crippen LogP contribution in [-0.4, -0.2) is 96.3 Å². The third-order valence-electron chi connectivity index (χ3n) is 10.9. The molecule has 0 bridgehead atoms. The first kappa shape index (κ1) is 31.5. The Morgan fingerprint density at radius 3 is 2.51 bits per heavy atom. The molecule has 7 rings (SSSR count). The Morgan fingerprint density at radius 1 is 1.06 bits per heavy atom. The second-order valence-corrected chi connectivity index (χ2v) is 13.5. The van der Waals surface area contributed by atoms with Crippen molar-refractivity contribution < 1.29 is 28.3 Å². The molecule has 3 atom stereocenters. The van der Waals surface area contributed by atoms with Crippen LogP contribution < -0.4 is 5.32 Å². The number of benzene rings is 1. The predicted molar refractivity (Wildman–Crippen MR) is 175 cm³/mol. The minimum atomic E-state index is -0.877. The summed E-state index contributed by atoms with van der Waals surface area (Å²) in [6.45, 7) is 5.54. The maximum atomic E-state index is 14.8. The van der Waals surface area contributed by atoms with Crippen LogP contribution in [0.5, 0.6) is 0 Å². The number of rotatable bonds is 10. The van der Waals surface area contributed by atoms with Crippen molar-refractivity contribution in [2.24, 2.45) is 17.8 Å². The van der Waals surface area contributed by atoms with Gasteiger partial charge in [0.2, 0.25) is 23.6 Å². The van der Waals surface area contributed by atoms with E-state index in [-0.39, 0.29) is 36.0 Å². The molecule has 3 aromatic rings. The summed E-state index contributed by atoms with van der Waals surface area (Å²) in [6, 6.07) is 10.0. The summed E-state index contributed by atoms with van der Waals surface area (Å²) in [4.78, 5) is 64.3. The number of aromatic amines is 1. The average Bonchev–Trinajstić information content (AvgIpc) is 3.66. The molecule has 47 heavy (non-hydrogen) atoms. The molecule has 0 unspecified atom stereocenters. The Bertz CT molecular complexity index is 1650. The topological polar surface area (TPSA) is 128 Å². The van der Waals surface area contributed by atoms with E-state index in [1.54, 1.807) is 13.4 Å². The molecule has 3 fully saturated rings. The van der Waals surface area contributed by atoms with E-state index in [1.807, 2.05) is 26.8 Å². The van der Waals surface area contributed by atoms with E-state index in [4.69, 9.17) is 9.15 Å². The quantitative estimate of drug-likeness (QED) is 0.325. The van der Waals surface area contributed by atoms with Gasteiger partial charge in [-0.2, -0.15) is 0 Å². The van der Waals surface area contributed by atoms with Gasteiger partial charge < -0.3 is 34.2 Å². The number of piperazine rings is 1. The fraction of sp³-hybridized carbons (Fsp3) is 0.556. The number of H-pyrrole nitrogens is 1. The van der Waals surface area contributed by atoms with Gasteiger partial charge in [-0.3, -0.25) is 19.2 Å². The fourth-order valence-electron chi connectivity index (χ4n) is 8.29. The third-order valence-corrected chi connectivity index (χ3v) is 10.9. The standard InChI is InChI=1S/C36H45N5O6/c1-3-36-28(35(45)40-16-14-39(15-17-40)33(43)23-7-8-23)20-25(22-31(42)37-12-5-18-46-2)34(44)41(36)13-11-27-26-10-9-24(30-6-4-19-47-30)21-29(26)38-32(27)36/h4,6,9-10,19,21,23,25,28,38H,3,5,7-8,11-18,20,22H2,1-2H3,(H,37,42)/t25-,28-,36+/m1/s1. The number of piperidine rings is 1. The highest BCUT2D eigenvalue weighted by molar-refractivity contribution is 5.94.